The number of halogens is 1. The largest absolute Gasteiger partial charge is 0.394 e. The van der Waals surface area contributed by atoms with Crippen LogP contribution >= 0.6 is 0 Å². The maximum Gasteiger partial charge on any atom is 0.319 e. The van der Waals surface area contributed by atoms with Gasteiger partial charge in [-0.1, -0.05) is 13.8 Å². The first-order chi connectivity index (χ1) is 9.87. The Morgan fingerprint density at radius 3 is 2.43 bits per heavy atom. The zero-order valence-corrected chi connectivity index (χ0v) is 13.2. The van der Waals surface area contributed by atoms with Crippen LogP contribution in [0, 0.1) is 5.82 Å². The Kier molecular flexibility index (Phi) is 6.29. The second kappa shape index (κ2) is 7.51. The molecule has 3 N–H and O–H groups in total. The maximum atomic E-state index is 13.7. The molecule has 1 rings (SSSR count). The molecule has 0 unspecified atom stereocenters. The highest BCUT2D eigenvalue weighted by atomic mass is 32.2. The minimum Gasteiger partial charge on any atom is -0.394 e. The summed E-state index contributed by atoms with van der Waals surface area (Å²) in [6.07, 6.45) is 2.54. The number of nitrogens with one attached hydrogen (secondary N) is 2. The summed E-state index contributed by atoms with van der Waals surface area (Å²) in [5.74, 6) is -0.631. The second-order valence-electron chi connectivity index (χ2n) is 4.82. The lowest BCUT2D eigenvalue weighted by molar-refractivity contribution is 0.155. The third-order valence-corrected chi connectivity index (χ3v) is 4.48. The average Bonchev–Trinajstić information content (AvgIpc) is 2.44. The van der Waals surface area contributed by atoms with E-state index in [-0.39, 0.29) is 17.2 Å². The molecule has 0 aliphatic rings. The standard InChI is InChI=1S/C14H21FN2O3S/c1-4-14(5-2,9-18)17-13(19)16-10-6-7-12(21(3)20)11(15)8-10/h6-8,18H,4-5,9H2,1-3H3,(H2,16,17,19)/t21-/m1/s1. The van der Waals surface area contributed by atoms with Crippen molar-refractivity contribution in [3.8, 4) is 0 Å². The number of amides is 2. The first-order valence-corrected chi connectivity index (χ1v) is 8.26. The van der Waals surface area contributed by atoms with E-state index in [0.29, 0.717) is 12.8 Å². The SMILES string of the molecule is CCC(CC)(CO)NC(=O)Nc1ccc([S@@](C)=O)c(F)c1. The van der Waals surface area contributed by atoms with Crippen molar-refractivity contribution in [2.45, 2.75) is 37.1 Å². The molecule has 0 aromatic heterocycles. The van der Waals surface area contributed by atoms with E-state index >= 15 is 0 Å². The van der Waals surface area contributed by atoms with E-state index in [0.717, 1.165) is 6.07 Å². The summed E-state index contributed by atoms with van der Waals surface area (Å²) in [6.45, 7) is 3.56. The van der Waals surface area contributed by atoms with Crippen molar-refractivity contribution in [1.29, 1.82) is 0 Å². The zero-order chi connectivity index (χ0) is 16.0. The van der Waals surface area contributed by atoms with Crippen LogP contribution in [0.3, 0.4) is 0 Å². The number of carbonyl (C=O) groups is 1. The molecule has 0 radical (unpaired) electrons. The molecule has 2 amide bonds. The highest BCUT2D eigenvalue weighted by Gasteiger charge is 2.27. The summed E-state index contributed by atoms with van der Waals surface area (Å²) in [6, 6.07) is 3.46. The Morgan fingerprint density at radius 1 is 1.38 bits per heavy atom. The molecular formula is C14H21FN2O3S. The van der Waals surface area contributed by atoms with Crippen LogP contribution in [0.4, 0.5) is 14.9 Å². The van der Waals surface area contributed by atoms with Gasteiger partial charge < -0.3 is 15.7 Å². The molecule has 5 nitrogen and oxygen atoms in total. The molecule has 0 aliphatic carbocycles. The van der Waals surface area contributed by atoms with E-state index in [2.05, 4.69) is 10.6 Å². The minimum atomic E-state index is -1.42. The van der Waals surface area contributed by atoms with Gasteiger partial charge in [-0.25, -0.2) is 9.18 Å². The minimum absolute atomic E-state index is 0.0905. The van der Waals surface area contributed by atoms with E-state index in [9.17, 15) is 18.5 Å². The van der Waals surface area contributed by atoms with E-state index in [1.54, 1.807) is 0 Å². The van der Waals surface area contributed by atoms with Crippen LogP contribution in [0.15, 0.2) is 23.1 Å². The second-order valence-corrected chi connectivity index (χ2v) is 6.17. The van der Waals surface area contributed by atoms with Crippen molar-refractivity contribution < 1.29 is 18.5 Å². The van der Waals surface area contributed by atoms with Crippen molar-refractivity contribution in [2.24, 2.45) is 0 Å². The van der Waals surface area contributed by atoms with Gasteiger partial charge in [0, 0.05) is 11.9 Å². The predicted octanol–water partition coefficient (Wildman–Crippen LogP) is 2.24. The number of urea groups is 1. The van der Waals surface area contributed by atoms with Crippen LogP contribution in [0.5, 0.6) is 0 Å². The quantitative estimate of drug-likeness (QED) is 0.753. The Balaban J connectivity index is 2.80. The van der Waals surface area contributed by atoms with Gasteiger partial charge in [0.1, 0.15) is 5.82 Å². The van der Waals surface area contributed by atoms with Crippen LogP contribution in [0.2, 0.25) is 0 Å². The fraction of sp³-hybridized carbons (Fsp3) is 0.500. The monoisotopic (exact) mass is 316 g/mol. The average molecular weight is 316 g/mol. The molecule has 0 fully saturated rings. The van der Waals surface area contributed by atoms with Crippen molar-refractivity contribution in [1.82, 2.24) is 5.32 Å². The number of aliphatic hydroxyl groups is 1. The molecule has 1 atom stereocenters. The van der Waals surface area contributed by atoms with Crippen LogP contribution < -0.4 is 10.6 Å². The number of carbonyl (C=O) groups excluding carboxylic acids is 1. The fourth-order valence-corrected chi connectivity index (χ4v) is 2.50. The Hall–Kier alpha value is -1.47. The molecule has 0 heterocycles. The third kappa shape index (κ3) is 4.50. The maximum absolute atomic E-state index is 13.7. The number of rotatable bonds is 6. The molecule has 7 heteroatoms. The lowest BCUT2D eigenvalue weighted by atomic mass is 9.94. The topological polar surface area (TPSA) is 78.4 Å². The van der Waals surface area contributed by atoms with Gasteiger partial charge >= 0.3 is 6.03 Å². The molecule has 118 valence electrons. The van der Waals surface area contributed by atoms with Crippen LogP contribution in [-0.2, 0) is 10.8 Å². The Bertz CT molecular complexity index is 525. The smallest absolute Gasteiger partial charge is 0.319 e. The van der Waals surface area contributed by atoms with Crippen molar-refractivity contribution in [3.63, 3.8) is 0 Å². The number of aliphatic hydroxyl groups excluding tert-OH is 1. The lowest BCUT2D eigenvalue weighted by Crippen LogP contribution is -2.52. The molecular weight excluding hydrogens is 295 g/mol. The lowest BCUT2D eigenvalue weighted by Gasteiger charge is -2.30. The molecule has 1 aromatic carbocycles. The van der Waals surface area contributed by atoms with Gasteiger partial charge in [-0.05, 0) is 31.0 Å². The summed E-state index contributed by atoms with van der Waals surface area (Å²) >= 11 is 0. The van der Waals surface area contributed by atoms with E-state index in [1.165, 1.54) is 18.4 Å². The van der Waals surface area contributed by atoms with Crippen LogP contribution in [0.25, 0.3) is 0 Å². The van der Waals surface area contributed by atoms with Crippen molar-refractivity contribution >= 4 is 22.5 Å². The normalized spacial score (nSPS) is 12.8. The van der Waals surface area contributed by atoms with E-state index in [4.69, 9.17) is 0 Å². The first-order valence-electron chi connectivity index (χ1n) is 6.70. The molecule has 0 saturated carbocycles. The number of benzene rings is 1. The third-order valence-electron chi connectivity index (χ3n) is 3.53. The van der Waals surface area contributed by atoms with Gasteiger partial charge in [0.25, 0.3) is 0 Å². The molecule has 0 aliphatic heterocycles. The summed E-state index contributed by atoms with van der Waals surface area (Å²) in [5.41, 5.74) is -0.425. The van der Waals surface area contributed by atoms with Gasteiger partial charge in [0.2, 0.25) is 0 Å². The molecule has 0 bridgehead atoms. The predicted molar refractivity (Wildman–Crippen MR) is 81.3 cm³/mol. The van der Waals surface area contributed by atoms with Gasteiger partial charge in [-0.15, -0.1) is 0 Å². The van der Waals surface area contributed by atoms with Gasteiger partial charge in [0.15, 0.2) is 0 Å². The molecule has 0 saturated heterocycles. The van der Waals surface area contributed by atoms with E-state index in [1.807, 2.05) is 13.8 Å². The number of anilines is 1. The molecule has 0 spiro atoms. The highest BCUT2D eigenvalue weighted by Crippen LogP contribution is 2.18. The fourth-order valence-electron chi connectivity index (χ4n) is 1.90. The molecule has 1 aromatic rings. The van der Waals surface area contributed by atoms with Crippen LogP contribution in [0.1, 0.15) is 26.7 Å². The number of hydrogen-bond donors (Lipinski definition) is 3. The van der Waals surface area contributed by atoms with Gasteiger partial charge in [-0.3, -0.25) is 4.21 Å². The summed E-state index contributed by atoms with van der Waals surface area (Å²) in [5, 5.41) is 14.6. The Morgan fingerprint density at radius 2 is 2.00 bits per heavy atom. The Labute approximate surface area is 126 Å². The van der Waals surface area contributed by atoms with Crippen molar-refractivity contribution in [3.05, 3.63) is 24.0 Å². The van der Waals surface area contributed by atoms with Gasteiger partial charge in [0.05, 0.1) is 27.8 Å². The zero-order valence-electron chi connectivity index (χ0n) is 12.4. The first kappa shape index (κ1) is 17.6. The summed E-state index contributed by atoms with van der Waals surface area (Å²) in [7, 11) is -1.42. The summed E-state index contributed by atoms with van der Waals surface area (Å²) in [4.78, 5) is 12.0. The van der Waals surface area contributed by atoms with Gasteiger partial charge in [-0.2, -0.15) is 0 Å². The van der Waals surface area contributed by atoms with Crippen LogP contribution in [-0.4, -0.2) is 33.7 Å². The molecule has 21 heavy (non-hydrogen) atoms. The summed E-state index contributed by atoms with van der Waals surface area (Å²) < 4.78 is 24.9. The highest BCUT2D eigenvalue weighted by molar-refractivity contribution is 7.84. The van der Waals surface area contributed by atoms with Crippen molar-refractivity contribution in [2.75, 3.05) is 18.2 Å². The van der Waals surface area contributed by atoms with E-state index < -0.39 is 28.2 Å². The number of hydrogen-bond acceptors (Lipinski definition) is 3.